The van der Waals surface area contributed by atoms with E-state index >= 15 is 0 Å². The van der Waals surface area contributed by atoms with E-state index in [4.69, 9.17) is 14.2 Å². The maximum absolute atomic E-state index is 12.0. The van der Waals surface area contributed by atoms with Crippen molar-refractivity contribution in [1.82, 2.24) is 10.4 Å². The SMILES string of the molecule is COc1cc(OC)c(/C=N/NC(=O)c2ccc([N+](=O)[O-])cn2)c(OC)c1. The molecule has 0 spiro atoms. The van der Waals surface area contributed by atoms with Crippen LogP contribution in [-0.2, 0) is 0 Å². The summed E-state index contributed by atoms with van der Waals surface area (Å²) in [7, 11) is 4.47. The van der Waals surface area contributed by atoms with E-state index in [2.05, 4.69) is 15.5 Å². The monoisotopic (exact) mass is 360 g/mol. The normalized spacial score (nSPS) is 10.4. The third kappa shape index (κ3) is 4.23. The minimum absolute atomic E-state index is 0.0126. The molecule has 1 heterocycles. The first-order valence-electron chi connectivity index (χ1n) is 7.24. The Labute approximate surface area is 148 Å². The predicted molar refractivity (Wildman–Crippen MR) is 92.0 cm³/mol. The lowest BCUT2D eigenvalue weighted by Crippen LogP contribution is -2.19. The summed E-state index contributed by atoms with van der Waals surface area (Å²) in [6, 6.07) is 5.70. The van der Waals surface area contributed by atoms with Crippen LogP contribution in [0.5, 0.6) is 17.2 Å². The average Bonchev–Trinajstić information content (AvgIpc) is 2.67. The first kappa shape index (κ1) is 18.6. The van der Waals surface area contributed by atoms with Crippen LogP contribution in [0.3, 0.4) is 0 Å². The molecule has 2 aromatic rings. The third-order valence-electron chi connectivity index (χ3n) is 3.30. The fraction of sp³-hybridized carbons (Fsp3) is 0.188. The number of carbonyl (C=O) groups is 1. The van der Waals surface area contributed by atoms with Gasteiger partial charge in [-0.1, -0.05) is 0 Å². The summed E-state index contributed by atoms with van der Waals surface area (Å²) in [4.78, 5) is 25.7. The van der Waals surface area contributed by atoms with Gasteiger partial charge in [0.15, 0.2) is 0 Å². The van der Waals surface area contributed by atoms with Gasteiger partial charge in [0, 0.05) is 18.2 Å². The molecule has 0 saturated heterocycles. The van der Waals surface area contributed by atoms with Crippen LogP contribution in [0.1, 0.15) is 16.1 Å². The van der Waals surface area contributed by atoms with Crippen LogP contribution in [0.2, 0.25) is 0 Å². The van der Waals surface area contributed by atoms with E-state index in [1.54, 1.807) is 12.1 Å². The van der Waals surface area contributed by atoms with Crippen molar-refractivity contribution in [2.45, 2.75) is 0 Å². The maximum Gasteiger partial charge on any atom is 0.289 e. The molecule has 1 amide bonds. The molecule has 0 aliphatic rings. The number of benzene rings is 1. The van der Waals surface area contributed by atoms with E-state index < -0.39 is 10.8 Å². The first-order valence-corrected chi connectivity index (χ1v) is 7.24. The Hall–Kier alpha value is -3.69. The van der Waals surface area contributed by atoms with Gasteiger partial charge in [0.1, 0.15) is 29.1 Å². The van der Waals surface area contributed by atoms with E-state index in [9.17, 15) is 14.9 Å². The number of aromatic nitrogens is 1. The van der Waals surface area contributed by atoms with Crippen molar-refractivity contribution in [2.24, 2.45) is 5.10 Å². The van der Waals surface area contributed by atoms with Gasteiger partial charge in [-0.25, -0.2) is 10.4 Å². The molecular weight excluding hydrogens is 344 g/mol. The fourth-order valence-electron chi connectivity index (χ4n) is 2.00. The van der Waals surface area contributed by atoms with Gasteiger partial charge in [-0.05, 0) is 6.07 Å². The Kier molecular flexibility index (Phi) is 6.04. The molecule has 1 N–H and O–H groups in total. The molecule has 136 valence electrons. The lowest BCUT2D eigenvalue weighted by molar-refractivity contribution is -0.385. The molecule has 0 atom stereocenters. The fourth-order valence-corrected chi connectivity index (χ4v) is 2.00. The largest absolute Gasteiger partial charge is 0.496 e. The summed E-state index contributed by atoms with van der Waals surface area (Å²) in [5, 5.41) is 14.4. The van der Waals surface area contributed by atoms with Gasteiger partial charge in [0.25, 0.3) is 11.6 Å². The summed E-state index contributed by atoms with van der Waals surface area (Å²) >= 11 is 0. The number of nitro groups is 1. The van der Waals surface area contributed by atoms with Crippen LogP contribution in [0.25, 0.3) is 0 Å². The Morgan fingerprint density at radius 2 is 1.85 bits per heavy atom. The highest BCUT2D eigenvalue weighted by molar-refractivity contribution is 5.94. The molecule has 1 aromatic carbocycles. The zero-order chi connectivity index (χ0) is 19.1. The van der Waals surface area contributed by atoms with Gasteiger partial charge < -0.3 is 14.2 Å². The molecule has 1 aromatic heterocycles. The minimum atomic E-state index is -0.623. The summed E-state index contributed by atoms with van der Waals surface area (Å²) in [5.41, 5.74) is 2.55. The molecule has 0 fully saturated rings. The van der Waals surface area contributed by atoms with Crippen LogP contribution < -0.4 is 19.6 Å². The number of nitrogens with zero attached hydrogens (tertiary/aromatic N) is 3. The van der Waals surface area contributed by atoms with Crippen molar-refractivity contribution in [2.75, 3.05) is 21.3 Å². The number of rotatable bonds is 7. The van der Waals surface area contributed by atoms with E-state index in [1.807, 2.05) is 0 Å². The summed E-state index contributed by atoms with van der Waals surface area (Å²) < 4.78 is 15.7. The number of ether oxygens (including phenoxy) is 3. The number of amides is 1. The van der Waals surface area contributed by atoms with Crippen molar-refractivity contribution >= 4 is 17.8 Å². The quantitative estimate of drug-likeness (QED) is 0.453. The van der Waals surface area contributed by atoms with Crippen molar-refractivity contribution in [3.63, 3.8) is 0 Å². The van der Waals surface area contributed by atoms with E-state index in [0.29, 0.717) is 22.8 Å². The average molecular weight is 360 g/mol. The van der Waals surface area contributed by atoms with Gasteiger partial charge in [0.2, 0.25) is 0 Å². The smallest absolute Gasteiger partial charge is 0.289 e. The highest BCUT2D eigenvalue weighted by Gasteiger charge is 2.13. The van der Waals surface area contributed by atoms with Gasteiger partial charge in [-0.15, -0.1) is 0 Å². The number of methoxy groups -OCH3 is 3. The standard InChI is InChI=1S/C16H16N4O6/c1-24-11-6-14(25-2)12(15(7-11)26-3)9-18-19-16(21)13-5-4-10(8-17-13)20(22)23/h4-9H,1-3H3,(H,19,21)/b18-9+. The van der Waals surface area contributed by atoms with Crippen LogP contribution in [0.15, 0.2) is 35.6 Å². The summed E-state index contributed by atoms with van der Waals surface area (Å²) in [6.07, 6.45) is 2.34. The Morgan fingerprint density at radius 1 is 1.19 bits per heavy atom. The van der Waals surface area contributed by atoms with Crippen LogP contribution in [-0.4, -0.2) is 43.4 Å². The number of hydrogen-bond acceptors (Lipinski definition) is 8. The van der Waals surface area contributed by atoms with Crippen molar-refractivity contribution < 1.29 is 23.9 Å². The molecule has 10 nitrogen and oxygen atoms in total. The molecule has 0 aliphatic heterocycles. The number of carbonyl (C=O) groups excluding carboxylic acids is 1. The summed E-state index contributed by atoms with van der Waals surface area (Å²) in [5.74, 6) is 0.790. The molecule has 0 radical (unpaired) electrons. The molecule has 0 bridgehead atoms. The van der Waals surface area contributed by atoms with Crippen molar-refractivity contribution in [1.29, 1.82) is 0 Å². The summed E-state index contributed by atoms with van der Waals surface area (Å²) in [6.45, 7) is 0. The van der Waals surface area contributed by atoms with Gasteiger partial charge in [-0.2, -0.15) is 5.10 Å². The lowest BCUT2D eigenvalue weighted by atomic mass is 10.2. The van der Waals surface area contributed by atoms with Crippen LogP contribution in [0.4, 0.5) is 5.69 Å². The number of hydrogen-bond donors (Lipinski definition) is 1. The molecule has 2 rings (SSSR count). The number of nitrogens with one attached hydrogen (secondary N) is 1. The zero-order valence-electron chi connectivity index (χ0n) is 14.3. The van der Waals surface area contributed by atoms with Gasteiger partial charge in [0.05, 0.1) is 38.0 Å². The number of hydrazone groups is 1. The first-order chi connectivity index (χ1) is 12.5. The predicted octanol–water partition coefficient (Wildman–Crippen LogP) is 1.78. The Balaban J connectivity index is 2.17. The topological polar surface area (TPSA) is 125 Å². The van der Waals surface area contributed by atoms with Gasteiger partial charge in [-0.3, -0.25) is 14.9 Å². The number of pyridine rings is 1. The van der Waals surface area contributed by atoms with Crippen molar-refractivity contribution in [3.8, 4) is 17.2 Å². The van der Waals surface area contributed by atoms with E-state index in [0.717, 1.165) is 6.20 Å². The van der Waals surface area contributed by atoms with Gasteiger partial charge >= 0.3 is 0 Å². The molecule has 0 saturated carbocycles. The second kappa shape index (κ2) is 8.42. The molecule has 0 unspecified atom stereocenters. The van der Waals surface area contributed by atoms with Crippen LogP contribution >= 0.6 is 0 Å². The molecule has 0 aliphatic carbocycles. The minimum Gasteiger partial charge on any atom is -0.496 e. The third-order valence-corrected chi connectivity index (χ3v) is 3.30. The Morgan fingerprint density at radius 3 is 2.31 bits per heavy atom. The second-order valence-corrected chi connectivity index (χ2v) is 4.80. The van der Waals surface area contributed by atoms with Crippen molar-refractivity contribution in [3.05, 3.63) is 51.8 Å². The second-order valence-electron chi connectivity index (χ2n) is 4.80. The molecule has 26 heavy (non-hydrogen) atoms. The highest BCUT2D eigenvalue weighted by atomic mass is 16.6. The highest BCUT2D eigenvalue weighted by Crippen LogP contribution is 2.32. The zero-order valence-corrected chi connectivity index (χ0v) is 14.3. The lowest BCUT2D eigenvalue weighted by Gasteiger charge is -2.12. The maximum atomic E-state index is 12.0. The Bertz CT molecular complexity index is 810. The molecule has 10 heteroatoms. The van der Waals surface area contributed by atoms with Crippen LogP contribution in [0, 0.1) is 10.1 Å². The van der Waals surface area contributed by atoms with E-state index in [-0.39, 0.29) is 11.4 Å². The van der Waals surface area contributed by atoms with E-state index in [1.165, 1.54) is 39.7 Å². The molecular formula is C16H16N4O6.